The summed E-state index contributed by atoms with van der Waals surface area (Å²) in [6.45, 7) is 2.65. The van der Waals surface area contributed by atoms with E-state index in [1.54, 1.807) is 30.0 Å². The normalized spacial score (nSPS) is 14.7. The Labute approximate surface area is 171 Å². The summed E-state index contributed by atoms with van der Waals surface area (Å²) in [4.78, 5) is 14.9. The van der Waals surface area contributed by atoms with Gasteiger partial charge in [0, 0.05) is 19.2 Å². The van der Waals surface area contributed by atoms with Crippen molar-refractivity contribution in [3.05, 3.63) is 53.6 Å². The van der Waals surface area contributed by atoms with Crippen molar-refractivity contribution in [3.63, 3.8) is 0 Å². The maximum Gasteiger partial charge on any atom is 0.246 e. The highest BCUT2D eigenvalue weighted by molar-refractivity contribution is 7.92. The van der Waals surface area contributed by atoms with Gasteiger partial charge in [-0.2, -0.15) is 0 Å². The van der Waals surface area contributed by atoms with Crippen LogP contribution >= 0.6 is 0 Å². The molecule has 0 saturated carbocycles. The predicted octanol–water partition coefficient (Wildman–Crippen LogP) is 2.44. The molecule has 0 spiro atoms. The SMILES string of the molecule is COc1ccc(N([C@@H](C)C(=O)N2CCc3ccccc3C2)S(C)(=O)=O)cc1OC. The van der Waals surface area contributed by atoms with Crippen molar-refractivity contribution in [2.75, 3.05) is 31.3 Å². The lowest BCUT2D eigenvalue weighted by molar-refractivity contribution is -0.132. The minimum Gasteiger partial charge on any atom is -0.493 e. The number of anilines is 1. The zero-order valence-electron chi connectivity index (χ0n) is 17.1. The van der Waals surface area contributed by atoms with Crippen LogP contribution in [0.5, 0.6) is 11.5 Å². The molecule has 1 atom stereocenters. The summed E-state index contributed by atoms with van der Waals surface area (Å²) < 4.78 is 36.8. The molecule has 2 aromatic carbocycles. The Bertz CT molecular complexity index is 1010. The van der Waals surface area contributed by atoms with Crippen molar-refractivity contribution >= 4 is 21.6 Å². The molecule has 156 valence electrons. The molecule has 0 aliphatic carbocycles. The van der Waals surface area contributed by atoms with E-state index < -0.39 is 16.1 Å². The van der Waals surface area contributed by atoms with Gasteiger partial charge < -0.3 is 14.4 Å². The summed E-state index contributed by atoms with van der Waals surface area (Å²) in [5.41, 5.74) is 2.67. The van der Waals surface area contributed by atoms with Crippen LogP contribution in [0.25, 0.3) is 0 Å². The lowest BCUT2D eigenvalue weighted by Crippen LogP contribution is -2.50. The second-order valence-corrected chi connectivity index (χ2v) is 8.91. The minimum absolute atomic E-state index is 0.236. The molecule has 1 aliphatic heterocycles. The molecule has 1 amide bonds. The van der Waals surface area contributed by atoms with Gasteiger partial charge in [-0.3, -0.25) is 9.10 Å². The van der Waals surface area contributed by atoms with Crippen molar-refractivity contribution < 1.29 is 22.7 Å². The molecule has 1 heterocycles. The molecular weight excluding hydrogens is 392 g/mol. The Balaban J connectivity index is 1.91. The number of rotatable bonds is 6. The quantitative estimate of drug-likeness (QED) is 0.720. The number of sulfonamides is 1. The standard InChI is InChI=1S/C21H26N2O5S/c1-15(21(24)22-12-11-16-7-5-6-8-17(16)14-22)23(29(4,25)26)18-9-10-19(27-2)20(13-18)28-3/h5-10,13,15H,11-12,14H2,1-4H3/t15-/m0/s1. The number of carbonyl (C=O) groups is 1. The van der Waals surface area contributed by atoms with Gasteiger partial charge >= 0.3 is 0 Å². The first-order valence-electron chi connectivity index (χ1n) is 9.33. The zero-order valence-corrected chi connectivity index (χ0v) is 17.9. The van der Waals surface area contributed by atoms with Crippen LogP contribution in [0, 0.1) is 0 Å². The van der Waals surface area contributed by atoms with Gasteiger partial charge in [-0.1, -0.05) is 24.3 Å². The summed E-state index contributed by atoms with van der Waals surface area (Å²) in [6, 6.07) is 11.9. The van der Waals surface area contributed by atoms with Crippen LogP contribution in [-0.4, -0.2) is 52.3 Å². The number of nitrogens with zero attached hydrogens (tertiary/aromatic N) is 2. The molecule has 0 fully saturated rings. The van der Waals surface area contributed by atoms with Crippen molar-refractivity contribution in [1.29, 1.82) is 0 Å². The Morgan fingerprint density at radius 3 is 2.34 bits per heavy atom. The van der Waals surface area contributed by atoms with E-state index in [2.05, 4.69) is 6.07 Å². The molecule has 0 saturated heterocycles. The van der Waals surface area contributed by atoms with E-state index in [1.165, 1.54) is 19.8 Å². The van der Waals surface area contributed by atoms with E-state index in [1.807, 2.05) is 18.2 Å². The van der Waals surface area contributed by atoms with Gasteiger partial charge in [0.25, 0.3) is 0 Å². The monoisotopic (exact) mass is 418 g/mol. The molecular formula is C21H26N2O5S. The van der Waals surface area contributed by atoms with E-state index >= 15 is 0 Å². The fourth-order valence-electron chi connectivity index (χ4n) is 3.71. The van der Waals surface area contributed by atoms with Crippen molar-refractivity contribution in [2.45, 2.75) is 25.9 Å². The first-order chi connectivity index (χ1) is 13.8. The summed E-state index contributed by atoms with van der Waals surface area (Å²) in [7, 11) is -0.732. The Morgan fingerprint density at radius 1 is 1.07 bits per heavy atom. The van der Waals surface area contributed by atoms with Gasteiger partial charge in [-0.15, -0.1) is 0 Å². The highest BCUT2D eigenvalue weighted by atomic mass is 32.2. The summed E-state index contributed by atoms with van der Waals surface area (Å²) in [5.74, 6) is 0.640. The highest BCUT2D eigenvalue weighted by Crippen LogP contribution is 2.33. The first-order valence-corrected chi connectivity index (χ1v) is 11.2. The van der Waals surface area contributed by atoms with Crippen molar-refractivity contribution in [1.82, 2.24) is 4.90 Å². The van der Waals surface area contributed by atoms with Crippen LogP contribution in [0.4, 0.5) is 5.69 Å². The first kappa shape index (κ1) is 21.0. The van der Waals surface area contributed by atoms with Crippen LogP contribution in [0.2, 0.25) is 0 Å². The zero-order chi connectivity index (χ0) is 21.2. The fourth-order valence-corrected chi connectivity index (χ4v) is 4.87. The fraction of sp³-hybridized carbons (Fsp3) is 0.381. The van der Waals surface area contributed by atoms with Gasteiger partial charge in [-0.25, -0.2) is 8.42 Å². The van der Waals surface area contributed by atoms with Gasteiger partial charge in [0.2, 0.25) is 15.9 Å². The number of amides is 1. The number of hydrogen-bond acceptors (Lipinski definition) is 5. The second-order valence-electron chi connectivity index (χ2n) is 7.05. The van der Waals surface area contributed by atoms with Gasteiger partial charge in [0.15, 0.2) is 11.5 Å². The van der Waals surface area contributed by atoms with Crippen LogP contribution < -0.4 is 13.8 Å². The maximum atomic E-state index is 13.2. The lowest BCUT2D eigenvalue weighted by Gasteiger charge is -2.35. The Hall–Kier alpha value is -2.74. The molecule has 8 heteroatoms. The molecule has 3 rings (SSSR count). The van der Waals surface area contributed by atoms with Crippen LogP contribution in [-0.2, 0) is 27.8 Å². The topological polar surface area (TPSA) is 76.2 Å². The number of fused-ring (bicyclic) bond motifs is 1. The predicted molar refractivity (Wildman–Crippen MR) is 112 cm³/mol. The van der Waals surface area contributed by atoms with Crippen molar-refractivity contribution in [2.24, 2.45) is 0 Å². The molecule has 1 aliphatic rings. The maximum absolute atomic E-state index is 13.2. The van der Waals surface area contributed by atoms with Crippen molar-refractivity contribution in [3.8, 4) is 11.5 Å². The summed E-state index contributed by atoms with van der Waals surface area (Å²) in [5, 5.41) is 0. The smallest absolute Gasteiger partial charge is 0.246 e. The molecule has 7 nitrogen and oxygen atoms in total. The summed E-state index contributed by atoms with van der Waals surface area (Å²) >= 11 is 0. The molecule has 0 unspecified atom stereocenters. The van der Waals surface area contributed by atoms with Crippen LogP contribution in [0.15, 0.2) is 42.5 Å². The third kappa shape index (κ3) is 4.32. The lowest BCUT2D eigenvalue weighted by atomic mass is 9.99. The molecule has 0 N–H and O–H groups in total. The average molecular weight is 419 g/mol. The van der Waals surface area contributed by atoms with Crippen LogP contribution in [0.1, 0.15) is 18.1 Å². The molecule has 0 aromatic heterocycles. The molecule has 29 heavy (non-hydrogen) atoms. The number of benzene rings is 2. The third-order valence-corrected chi connectivity index (χ3v) is 6.37. The average Bonchev–Trinajstić information content (AvgIpc) is 2.71. The molecule has 2 aromatic rings. The van der Waals surface area contributed by atoms with E-state index in [4.69, 9.17) is 9.47 Å². The number of methoxy groups -OCH3 is 2. The Morgan fingerprint density at radius 2 is 1.72 bits per heavy atom. The van der Waals surface area contributed by atoms with E-state index in [0.717, 1.165) is 22.5 Å². The third-order valence-electron chi connectivity index (χ3n) is 5.13. The summed E-state index contributed by atoms with van der Waals surface area (Å²) in [6.07, 6.45) is 1.85. The number of ether oxygens (including phenoxy) is 2. The second kappa shape index (κ2) is 8.32. The van der Waals surface area contributed by atoms with Gasteiger partial charge in [-0.05, 0) is 36.6 Å². The number of carbonyl (C=O) groups excluding carboxylic acids is 1. The van der Waals surface area contributed by atoms with Gasteiger partial charge in [0.1, 0.15) is 6.04 Å². The van der Waals surface area contributed by atoms with Gasteiger partial charge in [0.05, 0.1) is 26.2 Å². The van der Waals surface area contributed by atoms with Crippen LogP contribution in [0.3, 0.4) is 0 Å². The molecule has 0 radical (unpaired) electrons. The van der Waals surface area contributed by atoms with E-state index in [0.29, 0.717) is 30.3 Å². The minimum atomic E-state index is -3.72. The Kier molecular flexibility index (Phi) is 6.02. The van der Waals surface area contributed by atoms with E-state index in [9.17, 15) is 13.2 Å². The van der Waals surface area contributed by atoms with E-state index in [-0.39, 0.29) is 5.91 Å². The number of hydrogen-bond donors (Lipinski definition) is 0. The molecule has 0 bridgehead atoms. The highest BCUT2D eigenvalue weighted by Gasteiger charge is 2.33. The largest absolute Gasteiger partial charge is 0.493 e.